The monoisotopic (exact) mass is 376 g/mol. The van der Waals surface area contributed by atoms with E-state index in [1.807, 2.05) is 0 Å². The number of aldehydes is 1. The number of carbonyl (C=O) groups is 3. The Labute approximate surface area is 153 Å². The normalized spacial score (nSPS) is 18.5. The summed E-state index contributed by atoms with van der Waals surface area (Å²) in [6, 6.07) is 4.32. The Morgan fingerprint density at radius 3 is 2.88 bits per heavy atom. The molecule has 2 aromatic rings. The summed E-state index contributed by atoms with van der Waals surface area (Å²) in [5, 5.41) is 4.80. The van der Waals surface area contributed by atoms with E-state index >= 15 is 0 Å². The van der Waals surface area contributed by atoms with Crippen LogP contribution in [0.4, 0.5) is 5.69 Å². The lowest BCUT2D eigenvalue weighted by atomic mass is 10.1. The minimum absolute atomic E-state index is 0.149. The molecular weight excluding hydrogens is 360 g/mol. The van der Waals surface area contributed by atoms with Crippen molar-refractivity contribution >= 4 is 46.3 Å². The third-order valence-corrected chi connectivity index (χ3v) is 4.52. The Hall–Kier alpha value is -2.74. The highest BCUT2D eigenvalue weighted by molar-refractivity contribution is 6.27. The van der Waals surface area contributed by atoms with Gasteiger partial charge in [0.1, 0.15) is 23.5 Å². The van der Waals surface area contributed by atoms with Crippen LogP contribution >= 0.6 is 11.6 Å². The highest BCUT2D eigenvalue weighted by atomic mass is 35.5. The molecule has 0 radical (unpaired) electrons. The summed E-state index contributed by atoms with van der Waals surface area (Å²) in [5.41, 5.74) is 0.564. The average Bonchev–Trinajstić information content (AvgIpc) is 2.61. The first-order valence-electron chi connectivity index (χ1n) is 8.11. The summed E-state index contributed by atoms with van der Waals surface area (Å²) in [6.45, 7) is 1.79. The summed E-state index contributed by atoms with van der Waals surface area (Å²) in [6.07, 6.45) is 1.00. The first-order valence-corrected chi connectivity index (χ1v) is 8.54. The molecule has 1 fully saturated rings. The molecule has 1 aliphatic heterocycles. The van der Waals surface area contributed by atoms with Crippen LogP contribution in [0.15, 0.2) is 23.0 Å². The van der Waals surface area contributed by atoms with Gasteiger partial charge in [-0.2, -0.15) is 0 Å². The first-order chi connectivity index (χ1) is 12.4. The van der Waals surface area contributed by atoms with Crippen LogP contribution in [-0.4, -0.2) is 39.6 Å². The van der Waals surface area contributed by atoms with E-state index in [1.54, 1.807) is 25.1 Å². The van der Waals surface area contributed by atoms with Gasteiger partial charge < -0.3 is 10.1 Å². The van der Waals surface area contributed by atoms with Gasteiger partial charge >= 0.3 is 0 Å². The van der Waals surface area contributed by atoms with Crippen molar-refractivity contribution in [3.05, 3.63) is 34.4 Å². The van der Waals surface area contributed by atoms with Crippen LogP contribution in [0.1, 0.15) is 24.7 Å². The molecule has 2 amide bonds. The van der Waals surface area contributed by atoms with Crippen molar-refractivity contribution in [1.29, 1.82) is 0 Å². The molecule has 1 aromatic heterocycles. The van der Waals surface area contributed by atoms with Gasteiger partial charge in [-0.05, 0) is 25.5 Å². The fraction of sp³-hybridized carbons (Fsp3) is 0.353. The van der Waals surface area contributed by atoms with E-state index in [9.17, 15) is 19.2 Å². The summed E-state index contributed by atoms with van der Waals surface area (Å²) >= 11 is 5.80. The number of hydrogen-bond acceptors (Lipinski definition) is 6. The molecule has 2 atom stereocenters. The van der Waals surface area contributed by atoms with Crippen LogP contribution in [-0.2, 0) is 14.4 Å². The number of halogens is 1. The zero-order valence-electron chi connectivity index (χ0n) is 14.0. The second kappa shape index (κ2) is 7.25. The van der Waals surface area contributed by atoms with Gasteiger partial charge in [0.2, 0.25) is 11.8 Å². The third-order valence-electron chi connectivity index (χ3n) is 4.26. The number of piperidine rings is 1. The summed E-state index contributed by atoms with van der Waals surface area (Å²) in [7, 11) is 0. The lowest BCUT2D eigenvalue weighted by Crippen LogP contribution is -2.45. The number of hydrogen-bond donors (Lipinski definition) is 2. The van der Waals surface area contributed by atoms with Gasteiger partial charge in [-0.25, -0.2) is 4.98 Å². The molecule has 3 rings (SSSR count). The number of aromatic nitrogens is 2. The number of alkyl halides is 1. The molecule has 0 spiro atoms. The number of imide groups is 1. The van der Waals surface area contributed by atoms with Crippen molar-refractivity contribution in [2.75, 3.05) is 11.9 Å². The maximum Gasteiger partial charge on any atom is 0.264 e. The molecule has 26 heavy (non-hydrogen) atoms. The number of benzene rings is 1. The van der Waals surface area contributed by atoms with Crippen LogP contribution < -0.4 is 16.2 Å². The zero-order valence-corrected chi connectivity index (χ0v) is 14.7. The number of amides is 2. The fourth-order valence-electron chi connectivity index (χ4n) is 3.05. The molecule has 8 nitrogen and oxygen atoms in total. The molecule has 1 aromatic carbocycles. The van der Waals surface area contributed by atoms with E-state index in [0.717, 1.165) is 0 Å². The lowest BCUT2D eigenvalue weighted by molar-refractivity contribution is -0.135. The van der Waals surface area contributed by atoms with E-state index in [0.29, 0.717) is 28.7 Å². The Kier molecular flexibility index (Phi) is 5.03. The van der Waals surface area contributed by atoms with Crippen LogP contribution in [0.25, 0.3) is 10.9 Å². The number of anilines is 1. The molecule has 0 aliphatic carbocycles. The van der Waals surface area contributed by atoms with Crippen LogP contribution in [0.2, 0.25) is 0 Å². The highest BCUT2D eigenvalue weighted by Gasteiger charge is 2.30. The fourth-order valence-corrected chi connectivity index (χ4v) is 3.13. The highest BCUT2D eigenvalue weighted by Crippen LogP contribution is 2.23. The van der Waals surface area contributed by atoms with E-state index in [1.165, 1.54) is 4.57 Å². The van der Waals surface area contributed by atoms with Gasteiger partial charge in [0, 0.05) is 18.7 Å². The predicted molar refractivity (Wildman–Crippen MR) is 96.4 cm³/mol. The Bertz CT molecular complexity index is 956. The quantitative estimate of drug-likeness (QED) is 0.456. The van der Waals surface area contributed by atoms with Crippen LogP contribution in [0.3, 0.4) is 0 Å². The predicted octanol–water partition coefficient (Wildman–Crippen LogP) is 0.901. The molecule has 0 bridgehead atoms. The SMILES string of the molecule is Cc1nc2cccc(NCC(Cl)C=O)c2c(=O)n1C1CCC(=O)NC1=O. The standard InChI is InChI=1S/C17H17ClN4O4/c1-9-20-12-4-2-3-11(19-7-10(18)8-23)15(12)17(26)22(9)13-5-6-14(24)21-16(13)25/h2-4,8,10,13,19H,5-7H2,1H3,(H,21,24,25). The van der Waals surface area contributed by atoms with Crippen molar-refractivity contribution in [3.63, 3.8) is 0 Å². The van der Waals surface area contributed by atoms with Crippen LogP contribution in [0, 0.1) is 6.92 Å². The van der Waals surface area contributed by atoms with E-state index in [-0.39, 0.29) is 30.9 Å². The molecule has 9 heteroatoms. The van der Waals surface area contributed by atoms with E-state index < -0.39 is 17.3 Å². The topological polar surface area (TPSA) is 110 Å². The Morgan fingerprint density at radius 1 is 1.42 bits per heavy atom. The minimum Gasteiger partial charge on any atom is -0.382 e. The van der Waals surface area contributed by atoms with Gasteiger partial charge in [0.15, 0.2) is 0 Å². The molecule has 1 saturated heterocycles. The molecule has 1 aliphatic rings. The number of aryl methyl sites for hydroxylation is 1. The maximum absolute atomic E-state index is 13.1. The largest absolute Gasteiger partial charge is 0.382 e. The van der Waals surface area contributed by atoms with E-state index in [2.05, 4.69) is 15.6 Å². The van der Waals surface area contributed by atoms with Crippen molar-refractivity contribution in [3.8, 4) is 0 Å². The van der Waals surface area contributed by atoms with Crippen molar-refractivity contribution in [1.82, 2.24) is 14.9 Å². The number of nitrogens with zero attached hydrogens (tertiary/aromatic N) is 2. The van der Waals surface area contributed by atoms with Gasteiger partial charge in [0.05, 0.1) is 10.9 Å². The van der Waals surface area contributed by atoms with Crippen molar-refractivity contribution < 1.29 is 14.4 Å². The molecule has 136 valence electrons. The average molecular weight is 377 g/mol. The minimum atomic E-state index is -0.791. The van der Waals surface area contributed by atoms with Gasteiger partial charge in [-0.1, -0.05) is 6.07 Å². The third kappa shape index (κ3) is 3.32. The number of rotatable bonds is 5. The maximum atomic E-state index is 13.1. The first kappa shape index (κ1) is 18.1. The zero-order chi connectivity index (χ0) is 18.8. The molecule has 2 N–H and O–H groups in total. The lowest BCUT2D eigenvalue weighted by Gasteiger charge is -2.24. The van der Waals surface area contributed by atoms with Crippen molar-refractivity contribution in [2.45, 2.75) is 31.2 Å². The number of carbonyl (C=O) groups excluding carboxylic acids is 3. The molecule has 2 heterocycles. The van der Waals surface area contributed by atoms with Crippen LogP contribution in [0.5, 0.6) is 0 Å². The van der Waals surface area contributed by atoms with E-state index in [4.69, 9.17) is 11.6 Å². The smallest absolute Gasteiger partial charge is 0.264 e. The summed E-state index contributed by atoms with van der Waals surface area (Å²) in [5.74, 6) is -0.479. The Morgan fingerprint density at radius 2 is 2.19 bits per heavy atom. The van der Waals surface area contributed by atoms with Gasteiger partial charge in [0.25, 0.3) is 5.56 Å². The molecule has 0 saturated carbocycles. The number of fused-ring (bicyclic) bond motifs is 1. The second-order valence-electron chi connectivity index (χ2n) is 6.03. The molecule has 2 unspecified atom stereocenters. The summed E-state index contributed by atoms with van der Waals surface area (Å²) < 4.78 is 1.31. The number of nitrogens with one attached hydrogen (secondary N) is 2. The molecular formula is C17H17ClN4O4. The summed E-state index contributed by atoms with van der Waals surface area (Å²) in [4.78, 5) is 51.8. The van der Waals surface area contributed by atoms with Crippen molar-refractivity contribution in [2.24, 2.45) is 0 Å². The van der Waals surface area contributed by atoms with Gasteiger partial charge in [-0.3, -0.25) is 24.3 Å². The Balaban J connectivity index is 2.10. The van der Waals surface area contributed by atoms with Gasteiger partial charge in [-0.15, -0.1) is 11.6 Å². The second-order valence-corrected chi connectivity index (χ2v) is 6.59.